The highest BCUT2D eigenvalue weighted by Crippen LogP contribution is 2.27. The van der Waals surface area contributed by atoms with Gasteiger partial charge in [-0.15, -0.1) is 0 Å². The number of nitrogens with zero attached hydrogens (tertiary/aromatic N) is 1. The monoisotopic (exact) mass is 278 g/mol. The molecule has 0 bridgehead atoms. The van der Waals surface area contributed by atoms with Crippen LogP contribution in [0.5, 0.6) is 11.5 Å². The van der Waals surface area contributed by atoms with Gasteiger partial charge in [-0.1, -0.05) is 6.07 Å². The van der Waals surface area contributed by atoms with Gasteiger partial charge in [0.05, 0.1) is 14.2 Å². The van der Waals surface area contributed by atoms with Gasteiger partial charge in [-0.25, -0.2) is 0 Å². The van der Waals surface area contributed by atoms with Crippen LogP contribution in [0.25, 0.3) is 0 Å². The largest absolute Gasteiger partial charge is 0.493 e. The molecule has 1 aromatic rings. The fourth-order valence-electron chi connectivity index (χ4n) is 1.95. The summed E-state index contributed by atoms with van der Waals surface area (Å²) in [5, 5.41) is 7.04. The van der Waals surface area contributed by atoms with Crippen LogP contribution >= 0.6 is 0 Å². The van der Waals surface area contributed by atoms with Gasteiger partial charge in [0.1, 0.15) is 0 Å². The first-order chi connectivity index (χ1) is 9.62. The Balaban J connectivity index is 2.67. The molecule has 0 atom stereocenters. The molecule has 1 aromatic carbocycles. The number of hydrogen-bond acceptors (Lipinski definition) is 4. The molecule has 0 saturated carbocycles. The smallest absolute Gasteiger partial charge is 0.219 e. The van der Waals surface area contributed by atoms with Gasteiger partial charge < -0.3 is 19.8 Å². The molecule has 0 unspecified atom stereocenters. The van der Waals surface area contributed by atoms with Crippen LogP contribution in [-0.4, -0.2) is 44.3 Å². The first-order valence-corrected chi connectivity index (χ1v) is 6.57. The molecule has 1 rings (SSSR count). The summed E-state index contributed by atoms with van der Waals surface area (Å²) in [6.45, 7) is 2.78. The molecule has 5 heteroatoms. The van der Waals surface area contributed by atoms with Crippen molar-refractivity contribution in [3.63, 3.8) is 0 Å². The van der Waals surface area contributed by atoms with E-state index in [0.29, 0.717) is 31.0 Å². The Labute approximate surface area is 120 Å². The number of carbonyl (C=O) groups excluding carboxylic acids is 1. The fourth-order valence-corrected chi connectivity index (χ4v) is 1.95. The maximum absolute atomic E-state index is 11.5. The molecule has 0 aromatic heterocycles. The van der Waals surface area contributed by atoms with E-state index < -0.39 is 0 Å². The maximum Gasteiger partial charge on any atom is 0.219 e. The fraction of sp³-hybridized carbons (Fsp3) is 0.467. The lowest BCUT2D eigenvalue weighted by atomic mass is 10.1. The number of hydrogen-bond donors (Lipinski definition) is 1. The summed E-state index contributed by atoms with van der Waals surface area (Å²) in [4.78, 5) is 13.3. The lowest BCUT2D eigenvalue weighted by Crippen LogP contribution is -2.31. The topological polar surface area (TPSA) is 62.6 Å². The van der Waals surface area contributed by atoms with Crippen LogP contribution in [0.2, 0.25) is 0 Å². The van der Waals surface area contributed by atoms with Gasteiger partial charge >= 0.3 is 0 Å². The lowest BCUT2D eigenvalue weighted by Gasteiger charge is -2.20. The molecule has 1 amide bonds. The van der Waals surface area contributed by atoms with Crippen LogP contribution in [0.4, 0.5) is 0 Å². The van der Waals surface area contributed by atoms with E-state index in [4.69, 9.17) is 14.9 Å². The molecule has 0 fully saturated rings. The summed E-state index contributed by atoms with van der Waals surface area (Å²) in [5.41, 5.74) is 1.09. The third-order valence-corrected chi connectivity index (χ3v) is 3.11. The molecule has 5 nitrogen and oxygen atoms in total. The van der Waals surface area contributed by atoms with Gasteiger partial charge in [0.25, 0.3) is 0 Å². The normalized spacial score (nSPS) is 9.95. The number of nitrogens with one attached hydrogen (secondary N) is 1. The molecule has 0 heterocycles. The van der Waals surface area contributed by atoms with E-state index in [2.05, 4.69) is 0 Å². The van der Waals surface area contributed by atoms with Crippen molar-refractivity contribution < 1.29 is 14.3 Å². The number of carbonyl (C=O) groups is 1. The van der Waals surface area contributed by atoms with Gasteiger partial charge in [-0.05, 0) is 36.8 Å². The minimum absolute atomic E-state index is 0.0346. The third-order valence-electron chi connectivity index (χ3n) is 3.11. The Kier molecular flexibility index (Phi) is 6.56. The van der Waals surface area contributed by atoms with Crippen molar-refractivity contribution in [1.82, 2.24) is 4.90 Å². The summed E-state index contributed by atoms with van der Waals surface area (Å²) in [7, 11) is 3.21. The summed E-state index contributed by atoms with van der Waals surface area (Å²) in [6, 6.07) is 5.76. The minimum Gasteiger partial charge on any atom is -0.493 e. The first-order valence-electron chi connectivity index (χ1n) is 6.57. The van der Waals surface area contributed by atoms with Gasteiger partial charge in [-0.2, -0.15) is 0 Å². The molecule has 0 aliphatic carbocycles. The van der Waals surface area contributed by atoms with E-state index in [1.165, 1.54) is 6.21 Å². The van der Waals surface area contributed by atoms with Crippen molar-refractivity contribution in [1.29, 1.82) is 5.41 Å². The second-order valence-electron chi connectivity index (χ2n) is 4.44. The second-order valence-corrected chi connectivity index (χ2v) is 4.44. The van der Waals surface area contributed by atoms with E-state index in [1.807, 2.05) is 18.2 Å². The zero-order chi connectivity index (χ0) is 15.0. The maximum atomic E-state index is 11.5. The molecule has 1 N–H and O–H groups in total. The summed E-state index contributed by atoms with van der Waals surface area (Å²) in [5.74, 6) is 1.43. The minimum atomic E-state index is 0.0346. The number of benzene rings is 1. The highest BCUT2D eigenvalue weighted by molar-refractivity contribution is 5.73. The van der Waals surface area contributed by atoms with E-state index in [0.717, 1.165) is 12.0 Å². The zero-order valence-corrected chi connectivity index (χ0v) is 12.3. The average molecular weight is 278 g/mol. The first kappa shape index (κ1) is 16.0. The molecular weight excluding hydrogens is 256 g/mol. The molecule has 20 heavy (non-hydrogen) atoms. The predicted molar refractivity (Wildman–Crippen MR) is 78.9 cm³/mol. The Morgan fingerprint density at radius 2 is 1.95 bits per heavy atom. The average Bonchev–Trinajstić information content (AvgIpc) is 2.46. The lowest BCUT2D eigenvalue weighted by molar-refractivity contribution is -0.128. The van der Waals surface area contributed by atoms with Gasteiger partial charge in [-0.3, -0.25) is 4.79 Å². The van der Waals surface area contributed by atoms with Crippen molar-refractivity contribution in [2.24, 2.45) is 0 Å². The standard InChI is InChI=1S/C15H22N2O3/c1-12(18)17(9-4-8-16)10-7-13-5-6-14(19-2)15(11-13)20-3/h5-6,8,11,16H,4,7,9-10H2,1-3H3. The second kappa shape index (κ2) is 8.19. The number of rotatable bonds is 8. The van der Waals surface area contributed by atoms with Crippen molar-refractivity contribution in [3.8, 4) is 11.5 Å². The molecular formula is C15H22N2O3. The molecule has 0 saturated heterocycles. The van der Waals surface area contributed by atoms with Gasteiger partial charge in [0.2, 0.25) is 5.91 Å². The van der Waals surface area contributed by atoms with Crippen LogP contribution < -0.4 is 9.47 Å². The van der Waals surface area contributed by atoms with Crippen LogP contribution in [0.3, 0.4) is 0 Å². The van der Waals surface area contributed by atoms with Crippen LogP contribution in [0, 0.1) is 5.41 Å². The van der Waals surface area contributed by atoms with Gasteiger partial charge in [0.15, 0.2) is 11.5 Å². The Morgan fingerprint density at radius 1 is 1.25 bits per heavy atom. The van der Waals surface area contributed by atoms with Crippen molar-refractivity contribution >= 4 is 12.1 Å². The Hall–Kier alpha value is -2.04. The summed E-state index contributed by atoms with van der Waals surface area (Å²) >= 11 is 0. The Morgan fingerprint density at radius 3 is 2.50 bits per heavy atom. The van der Waals surface area contributed by atoms with E-state index >= 15 is 0 Å². The van der Waals surface area contributed by atoms with Crippen LogP contribution in [0.1, 0.15) is 18.9 Å². The third kappa shape index (κ3) is 4.57. The van der Waals surface area contributed by atoms with Crippen LogP contribution in [-0.2, 0) is 11.2 Å². The highest BCUT2D eigenvalue weighted by Gasteiger charge is 2.09. The molecule has 0 aliphatic heterocycles. The van der Waals surface area contributed by atoms with Crippen molar-refractivity contribution in [2.75, 3.05) is 27.3 Å². The summed E-state index contributed by atoms with van der Waals surface area (Å²) < 4.78 is 10.5. The Bertz CT molecular complexity index is 460. The molecule has 0 aliphatic rings. The summed E-state index contributed by atoms with van der Waals surface area (Å²) in [6.07, 6.45) is 2.66. The van der Waals surface area contributed by atoms with Crippen molar-refractivity contribution in [2.45, 2.75) is 19.8 Å². The number of amides is 1. The molecule has 0 radical (unpaired) electrons. The van der Waals surface area contributed by atoms with Crippen LogP contribution in [0.15, 0.2) is 18.2 Å². The quantitative estimate of drug-likeness (QED) is 0.741. The SMILES string of the molecule is COc1ccc(CCN(CCC=N)C(C)=O)cc1OC. The van der Waals surface area contributed by atoms with E-state index in [9.17, 15) is 4.79 Å². The number of methoxy groups -OCH3 is 2. The zero-order valence-electron chi connectivity index (χ0n) is 12.3. The molecule has 110 valence electrons. The van der Waals surface area contributed by atoms with E-state index in [-0.39, 0.29) is 5.91 Å². The van der Waals surface area contributed by atoms with Crippen molar-refractivity contribution in [3.05, 3.63) is 23.8 Å². The highest BCUT2D eigenvalue weighted by atomic mass is 16.5. The predicted octanol–water partition coefficient (Wildman–Crippen LogP) is 2.13. The molecule has 0 spiro atoms. The number of ether oxygens (including phenoxy) is 2. The van der Waals surface area contributed by atoms with E-state index in [1.54, 1.807) is 26.0 Å². The van der Waals surface area contributed by atoms with Gasteiger partial charge in [0, 0.05) is 20.0 Å².